The molecule has 0 saturated carbocycles. The van der Waals surface area contributed by atoms with Gasteiger partial charge in [-0.15, -0.1) is 0 Å². The predicted octanol–water partition coefficient (Wildman–Crippen LogP) is -0.280. The largest absolute Gasteiger partial charge is 0.412 e. The van der Waals surface area contributed by atoms with Crippen molar-refractivity contribution in [2.45, 2.75) is 38.9 Å². The van der Waals surface area contributed by atoms with E-state index in [0.29, 0.717) is 12.5 Å². The Labute approximate surface area is 73.5 Å². The molecule has 0 aliphatic carbocycles. The van der Waals surface area contributed by atoms with E-state index in [9.17, 15) is 0 Å². The summed E-state index contributed by atoms with van der Waals surface area (Å²) in [6.45, 7) is 4.85. The van der Waals surface area contributed by atoms with Crippen LogP contribution in [0.5, 0.6) is 0 Å². The summed E-state index contributed by atoms with van der Waals surface area (Å²) in [5, 5.41) is 16.5. The molecular formula is C8H20O4. The molecule has 1 fully saturated rings. The maximum Gasteiger partial charge on any atom is 0.0807 e. The lowest BCUT2D eigenvalue weighted by Crippen LogP contribution is -2.08. The SMILES string of the molecule is CCC(O)CO.CCC1CO1.O. The molecule has 0 bridgehead atoms. The Balaban J connectivity index is 0. The average Bonchev–Trinajstić information content (AvgIpc) is 2.86. The number of epoxide rings is 1. The second kappa shape index (κ2) is 8.93. The third-order valence-electron chi connectivity index (χ3n) is 1.54. The first-order valence-electron chi connectivity index (χ1n) is 4.15. The summed E-state index contributed by atoms with van der Waals surface area (Å²) in [4.78, 5) is 0. The van der Waals surface area contributed by atoms with Crippen LogP contribution in [0.2, 0.25) is 0 Å². The summed E-state index contributed by atoms with van der Waals surface area (Å²) < 4.78 is 4.86. The molecule has 76 valence electrons. The first kappa shape index (κ1) is 14.4. The quantitative estimate of drug-likeness (QED) is 0.586. The molecule has 0 radical (unpaired) electrons. The Bertz CT molecular complexity index is 79.1. The van der Waals surface area contributed by atoms with Gasteiger partial charge < -0.3 is 20.4 Å². The molecule has 2 atom stereocenters. The van der Waals surface area contributed by atoms with Crippen molar-refractivity contribution in [3.8, 4) is 0 Å². The molecule has 12 heavy (non-hydrogen) atoms. The van der Waals surface area contributed by atoms with Gasteiger partial charge in [0.1, 0.15) is 0 Å². The molecule has 1 saturated heterocycles. The second-order valence-electron chi connectivity index (χ2n) is 2.61. The van der Waals surface area contributed by atoms with E-state index >= 15 is 0 Å². The van der Waals surface area contributed by atoms with Crippen molar-refractivity contribution < 1.29 is 20.4 Å². The van der Waals surface area contributed by atoms with Crippen LogP contribution in [0.4, 0.5) is 0 Å². The highest BCUT2D eigenvalue weighted by atomic mass is 16.6. The molecular weight excluding hydrogens is 160 g/mol. The van der Waals surface area contributed by atoms with Crippen molar-refractivity contribution >= 4 is 0 Å². The lowest BCUT2D eigenvalue weighted by Gasteiger charge is -1.97. The number of aliphatic hydroxyl groups is 2. The molecule has 0 aromatic carbocycles. The van der Waals surface area contributed by atoms with Gasteiger partial charge >= 0.3 is 0 Å². The molecule has 1 heterocycles. The molecule has 0 amide bonds. The van der Waals surface area contributed by atoms with Gasteiger partial charge in [-0.3, -0.25) is 0 Å². The average molecular weight is 180 g/mol. The van der Waals surface area contributed by atoms with Crippen molar-refractivity contribution in [1.29, 1.82) is 0 Å². The number of ether oxygens (including phenoxy) is 1. The Morgan fingerprint density at radius 1 is 1.50 bits per heavy atom. The predicted molar refractivity (Wildman–Crippen MR) is 47.0 cm³/mol. The fourth-order valence-corrected chi connectivity index (χ4v) is 0.433. The Kier molecular flexibility index (Phi) is 10.7. The zero-order valence-corrected chi connectivity index (χ0v) is 7.79. The topological polar surface area (TPSA) is 84.5 Å². The first-order chi connectivity index (χ1) is 5.24. The van der Waals surface area contributed by atoms with E-state index in [0.717, 1.165) is 6.61 Å². The fraction of sp³-hybridized carbons (Fsp3) is 1.00. The minimum absolute atomic E-state index is 0. The summed E-state index contributed by atoms with van der Waals surface area (Å²) in [6, 6.07) is 0. The summed E-state index contributed by atoms with van der Waals surface area (Å²) in [7, 11) is 0. The minimum Gasteiger partial charge on any atom is -0.412 e. The molecule has 1 aliphatic rings. The van der Waals surface area contributed by atoms with Gasteiger partial charge in [-0.25, -0.2) is 0 Å². The van der Waals surface area contributed by atoms with Crippen molar-refractivity contribution in [3.63, 3.8) is 0 Å². The van der Waals surface area contributed by atoms with Crippen molar-refractivity contribution in [1.82, 2.24) is 0 Å². The van der Waals surface area contributed by atoms with Gasteiger partial charge in [-0.2, -0.15) is 0 Å². The molecule has 4 N–H and O–H groups in total. The normalized spacial score (nSPS) is 21.5. The number of rotatable bonds is 3. The maximum absolute atomic E-state index is 8.42. The first-order valence-corrected chi connectivity index (χ1v) is 4.15. The Morgan fingerprint density at radius 2 is 2.00 bits per heavy atom. The van der Waals surface area contributed by atoms with Gasteiger partial charge in [0.2, 0.25) is 0 Å². The molecule has 0 aromatic rings. The zero-order valence-electron chi connectivity index (χ0n) is 7.79. The van der Waals surface area contributed by atoms with Crippen LogP contribution in [0.3, 0.4) is 0 Å². The molecule has 0 spiro atoms. The van der Waals surface area contributed by atoms with Crippen molar-refractivity contribution in [3.05, 3.63) is 0 Å². The lowest BCUT2D eigenvalue weighted by molar-refractivity contribution is 0.0923. The van der Waals surface area contributed by atoms with E-state index in [1.807, 2.05) is 6.92 Å². The van der Waals surface area contributed by atoms with Gasteiger partial charge in [0.25, 0.3) is 0 Å². The van der Waals surface area contributed by atoms with E-state index in [4.69, 9.17) is 14.9 Å². The van der Waals surface area contributed by atoms with Crippen LogP contribution >= 0.6 is 0 Å². The molecule has 1 aliphatic heterocycles. The van der Waals surface area contributed by atoms with Gasteiger partial charge in [0.15, 0.2) is 0 Å². The smallest absolute Gasteiger partial charge is 0.0807 e. The van der Waals surface area contributed by atoms with Gasteiger partial charge in [0.05, 0.1) is 25.4 Å². The molecule has 4 heteroatoms. The van der Waals surface area contributed by atoms with Gasteiger partial charge in [0, 0.05) is 0 Å². The van der Waals surface area contributed by atoms with E-state index in [2.05, 4.69) is 6.92 Å². The highest BCUT2D eigenvalue weighted by Crippen LogP contribution is 2.10. The van der Waals surface area contributed by atoms with Crippen LogP contribution < -0.4 is 0 Å². The van der Waals surface area contributed by atoms with Crippen molar-refractivity contribution in [2.24, 2.45) is 0 Å². The van der Waals surface area contributed by atoms with E-state index in [1.54, 1.807) is 0 Å². The van der Waals surface area contributed by atoms with Crippen LogP contribution in [0, 0.1) is 0 Å². The summed E-state index contributed by atoms with van der Waals surface area (Å²) in [6.07, 6.45) is 1.95. The number of hydrogen-bond donors (Lipinski definition) is 2. The standard InChI is InChI=1S/C4H10O2.C4H8O.H2O/c1-2-4(6)3-5;1-2-4-3-5-4;/h4-6H,2-3H2,1H3;4H,2-3H2,1H3;1H2. The highest BCUT2D eigenvalue weighted by molar-refractivity contribution is 4.64. The molecule has 4 nitrogen and oxygen atoms in total. The summed E-state index contributed by atoms with van der Waals surface area (Å²) in [5.74, 6) is 0. The lowest BCUT2D eigenvalue weighted by atomic mass is 10.3. The van der Waals surface area contributed by atoms with Gasteiger partial charge in [-0.1, -0.05) is 13.8 Å². The van der Waals surface area contributed by atoms with E-state index in [-0.39, 0.29) is 12.1 Å². The Hall–Kier alpha value is -0.160. The molecule has 2 unspecified atom stereocenters. The van der Waals surface area contributed by atoms with Gasteiger partial charge in [-0.05, 0) is 12.8 Å². The number of aliphatic hydroxyl groups excluding tert-OH is 2. The molecule has 0 aromatic heterocycles. The van der Waals surface area contributed by atoms with Crippen LogP contribution in [-0.2, 0) is 4.74 Å². The maximum atomic E-state index is 8.42. The monoisotopic (exact) mass is 180 g/mol. The van der Waals surface area contributed by atoms with Crippen molar-refractivity contribution in [2.75, 3.05) is 13.2 Å². The van der Waals surface area contributed by atoms with Crippen LogP contribution in [0.25, 0.3) is 0 Å². The number of hydrogen-bond acceptors (Lipinski definition) is 3. The highest BCUT2D eigenvalue weighted by Gasteiger charge is 2.18. The molecule has 1 rings (SSSR count). The minimum atomic E-state index is -0.509. The van der Waals surface area contributed by atoms with Crippen LogP contribution in [0.1, 0.15) is 26.7 Å². The summed E-state index contributed by atoms with van der Waals surface area (Å²) in [5.41, 5.74) is 0. The van der Waals surface area contributed by atoms with Crippen LogP contribution in [0.15, 0.2) is 0 Å². The Morgan fingerprint density at radius 3 is 2.00 bits per heavy atom. The zero-order chi connectivity index (χ0) is 8.69. The van der Waals surface area contributed by atoms with Crippen LogP contribution in [-0.4, -0.2) is 41.1 Å². The summed E-state index contributed by atoms with van der Waals surface area (Å²) >= 11 is 0. The third-order valence-corrected chi connectivity index (χ3v) is 1.54. The second-order valence-corrected chi connectivity index (χ2v) is 2.61. The third kappa shape index (κ3) is 9.84. The fourth-order valence-electron chi connectivity index (χ4n) is 0.433. The van der Waals surface area contributed by atoms with E-state index in [1.165, 1.54) is 6.42 Å². The van der Waals surface area contributed by atoms with E-state index < -0.39 is 6.10 Å².